The Labute approximate surface area is 110 Å². The van der Waals surface area contributed by atoms with Gasteiger partial charge in [-0.3, -0.25) is 0 Å². The third-order valence-corrected chi connectivity index (χ3v) is 3.52. The number of benzene rings is 1. The topological polar surface area (TPSA) is 30.5 Å². The summed E-state index contributed by atoms with van der Waals surface area (Å²) in [6.07, 6.45) is 0. The van der Waals surface area contributed by atoms with E-state index in [4.69, 9.17) is 9.47 Å². The molecule has 0 fully saturated rings. The summed E-state index contributed by atoms with van der Waals surface area (Å²) < 4.78 is 10.8. The van der Waals surface area contributed by atoms with Crippen molar-refractivity contribution in [2.24, 2.45) is 5.92 Å². The van der Waals surface area contributed by atoms with Gasteiger partial charge in [0.25, 0.3) is 0 Å². The minimum absolute atomic E-state index is 0.361. The number of ether oxygens (including phenoxy) is 2. The van der Waals surface area contributed by atoms with E-state index in [0.717, 1.165) is 11.5 Å². The first kappa shape index (κ1) is 14.8. The van der Waals surface area contributed by atoms with Crippen molar-refractivity contribution in [1.29, 1.82) is 0 Å². The van der Waals surface area contributed by atoms with Crippen molar-refractivity contribution in [3.8, 4) is 11.5 Å². The molecular formula is C15H25NO2. The molecule has 0 heterocycles. The predicted octanol–water partition coefficient (Wildman–Crippen LogP) is 3.05. The lowest BCUT2D eigenvalue weighted by molar-refractivity contribution is 0.355. The van der Waals surface area contributed by atoms with E-state index in [2.05, 4.69) is 32.2 Å². The van der Waals surface area contributed by atoms with Gasteiger partial charge in [0.05, 0.1) is 14.2 Å². The van der Waals surface area contributed by atoms with Gasteiger partial charge in [-0.2, -0.15) is 0 Å². The largest absolute Gasteiger partial charge is 0.497 e. The van der Waals surface area contributed by atoms with Gasteiger partial charge in [-0.15, -0.1) is 0 Å². The van der Waals surface area contributed by atoms with Crippen LogP contribution in [0.3, 0.4) is 0 Å². The van der Waals surface area contributed by atoms with Crippen LogP contribution in [0, 0.1) is 5.92 Å². The molecule has 3 nitrogen and oxygen atoms in total. The lowest BCUT2D eigenvalue weighted by Crippen LogP contribution is -2.35. The first-order valence-corrected chi connectivity index (χ1v) is 6.44. The Kier molecular flexibility index (Phi) is 5.48. The smallest absolute Gasteiger partial charge is 0.122 e. The van der Waals surface area contributed by atoms with E-state index in [9.17, 15) is 0 Å². The van der Waals surface area contributed by atoms with E-state index in [1.54, 1.807) is 14.2 Å². The van der Waals surface area contributed by atoms with Crippen LogP contribution in [0.1, 0.15) is 32.3 Å². The van der Waals surface area contributed by atoms with Crippen molar-refractivity contribution < 1.29 is 9.47 Å². The minimum Gasteiger partial charge on any atom is -0.497 e. The fourth-order valence-electron chi connectivity index (χ4n) is 2.55. The zero-order valence-corrected chi connectivity index (χ0v) is 12.3. The summed E-state index contributed by atoms with van der Waals surface area (Å²) in [6.45, 7) is 6.67. The van der Waals surface area contributed by atoms with Crippen LogP contribution >= 0.6 is 0 Å². The van der Waals surface area contributed by atoms with Crippen LogP contribution in [0.25, 0.3) is 0 Å². The molecule has 2 atom stereocenters. The van der Waals surface area contributed by atoms with E-state index in [1.807, 2.05) is 19.2 Å². The van der Waals surface area contributed by atoms with Crippen LogP contribution in [-0.4, -0.2) is 27.3 Å². The van der Waals surface area contributed by atoms with Gasteiger partial charge in [0.2, 0.25) is 0 Å². The molecule has 0 aromatic heterocycles. The zero-order valence-electron chi connectivity index (χ0n) is 12.3. The highest BCUT2D eigenvalue weighted by atomic mass is 16.5. The Bertz CT molecular complexity index is 377. The highest BCUT2D eigenvalue weighted by molar-refractivity contribution is 5.43. The first-order valence-electron chi connectivity index (χ1n) is 6.44. The average molecular weight is 251 g/mol. The summed E-state index contributed by atoms with van der Waals surface area (Å²) in [6, 6.07) is 6.37. The van der Waals surface area contributed by atoms with Gasteiger partial charge < -0.3 is 14.8 Å². The molecule has 0 aliphatic carbocycles. The van der Waals surface area contributed by atoms with E-state index in [-0.39, 0.29) is 0 Å². The molecule has 0 amide bonds. The second-order valence-electron chi connectivity index (χ2n) is 4.96. The van der Waals surface area contributed by atoms with Crippen LogP contribution in [-0.2, 0) is 0 Å². The van der Waals surface area contributed by atoms with Crippen molar-refractivity contribution >= 4 is 0 Å². The molecule has 2 unspecified atom stereocenters. The van der Waals surface area contributed by atoms with Gasteiger partial charge in [0.1, 0.15) is 11.5 Å². The molecule has 1 N–H and O–H groups in total. The average Bonchev–Trinajstić information content (AvgIpc) is 2.38. The third-order valence-electron chi connectivity index (χ3n) is 3.52. The van der Waals surface area contributed by atoms with Gasteiger partial charge in [0.15, 0.2) is 0 Å². The Morgan fingerprint density at radius 2 is 1.72 bits per heavy atom. The molecule has 1 rings (SSSR count). The Morgan fingerprint density at radius 1 is 1.06 bits per heavy atom. The molecule has 0 saturated carbocycles. The van der Waals surface area contributed by atoms with Crippen LogP contribution in [0.4, 0.5) is 0 Å². The number of nitrogens with one attached hydrogen (secondary N) is 1. The fourth-order valence-corrected chi connectivity index (χ4v) is 2.55. The lowest BCUT2D eigenvalue weighted by Gasteiger charge is -2.28. The molecule has 0 radical (unpaired) electrons. The van der Waals surface area contributed by atoms with E-state index in [0.29, 0.717) is 17.9 Å². The Hall–Kier alpha value is -1.22. The number of likely N-dealkylation sites (N-methyl/N-ethyl adjacent to an activating group) is 1. The van der Waals surface area contributed by atoms with Gasteiger partial charge in [-0.1, -0.05) is 20.8 Å². The summed E-state index contributed by atoms with van der Waals surface area (Å²) >= 11 is 0. The monoisotopic (exact) mass is 251 g/mol. The molecule has 0 aliphatic heterocycles. The molecule has 1 aromatic carbocycles. The molecule has 18 heavy (non-hydrogen) atoms. The second kappa shape index (κ2) is 6.64. The molecular weight excluding hydrogens is 226 g/mol. The van der Waals surface area contributed by atoms with Crippen LogP contribution in [0.2, 0.25) is 0 Å². The van der Waals surface area contributed by atoms with Gasteiger partial charge in [-0.05, 0) is 31.2 Å². The quantitative estimate of drug-likeness (QED) is 0.843. The summed E-state index contributed by atoms with van der Waals surface area (Å²) in [7, 11) is 5.41. The third kappa shape index (κ3) is 3.16. The summed E-state index contributed by atoms with van der Waals surface area (Å²) in [4.78, 5) is 0. The number of hydrogen-bond acceptors (Lipinski definition) is 3. The minimum atomic E-state index is 0.361. The maximum Gasteiger partial charge on any atom is 0.122 e. The van der Waals surface area contributed by atoms with Crippen LogP contribution in [0.15, 0.2) is 18.2 Å². The van der Waals surface area contributed by atoms with E-state index in [1.165, 1.54) is 5.56 Å². The number of methoxy groups -OCH3 is 2. The Balaban J connectivity index is 3.12. The molecule has 0 bridgehead atoms. The highest BCUT2D eigenvalue weighted by Gasteiger charge is 2.23. The maximum atomic E-state index is 5.46. The second-order valence-corrected chi connectivity index (χ2v) is 4.96. The molecule has 102 valence electrons. The molecule has 0 spiro atoms. The van der Waals surface area contributed by atoms with Crippen molar-refractivity contribution in [2.45, 2.75) is 32.7 Å². The summed E-state index contributed by atoms with van der Waals surface area (Å²) in [5.41, 5.74) is 1.19. The fraction of sp³-hybridized carbons (Fsp3) is 0.600. The molecule has 0 saturated heterocycles. The van der Waals surface area contributed by atoms with Crippen molar-refractivity contribution in [1.82, 2.24) is 5.32 Å². The number of rotatable bonds is 6. The summed E-state index contributed by atoms with van der Waals surface area (Å²) in [5, 5.41) is 3.39. The lowest BCUT2D eigenvalue weighted by atomic mass is 9.86. The van der Waals surface area contributed by atoms with E-state index >= 15 is 0 Å². The molecule has 3 heteroatoms. The SMILES string of the molecule is CNC(C(C)C)C(C)c1cc(OC)ccc1OC. The standard InChI is InChI=1S/C15H25NO2/c1-10(2)15(16-4)11(3)13-9-12(17-5)7-8-14(13)18-6/h7-11,15-16H,1-6H3. The molecule has 1 aromatic rings. The van der Waals surface area contributed by atoms with Crippen LogP contribution in [0.5, 0.6) is 11.5 Å². The van der Waals surface area contributed by atoms with Crippen LogP contribution < -0.4 is 14.8 Å². The maximum absolute atomic E-state index is 5.46. The van der Waals surface area contributed by atoms with Gasteiger partial charge in [-0.25, -0.2) is 0 Å². The number of hydrogen-bond donors (Lipinski definition) is 1. The molecule has 0 aliphatic rings. The van der Waals surface area contributed by atoms with Gasteiger partial charge in [0, 0.05) is 17.5 Å². The van der Waals surface area contributed by atoms with Gasteiger partial charge >= 0.3 is 0 Å². The zero-order chi connectivity index (χ0) is 13.7. The van der Waals surface area contributed by atoms with Crippen molar-refractivity contribution in [2.75, 3.05) is 21.3 Å². The summed E-state index contributed by atoms with van der Waals surface area (Å²) in [5.74, 6) is 2.71. The Morgan fingerprint density at radius 3 is 2.17 bits per heavy atom. The van der Waals surface area contributed by atoms with Crippen molar-refractivity contribution in [3.05, 3.63) is 23.8 Å². The predicted molar refractivity (Wildman–Crippen MR) is 75.6 cm³/mol. The highest BCUT2D eigenvalue weighted by Crippen LogP contribution is 2.33. The van der Waals surface area contributed by atoms with E-state index < -0.39 is 0 Å². The normalized spacial score (nSPS) is 14.4. The first-order chi connectivity index (χ1) is 8.54. The van der Waals surface area contributed by atoms with Crippen molar-refractivity contribution in [3.63, 3.8) is 0 Å².